The predicted octanol–water partition coefficient (Wildman–Crippen LogP) is 2.79. The maximum atomic E-state index is 13.5. The summed E-state index contributed by atoms with van der Waals surface area (Å²) in [4.78, 5) is 14.3. The summed E-state index contributed by atoms with van der Waals surface area (Å²) >= 11 is 1.99. The minimum atomic E-state index is -0.254. The van der Waals surface area contributed by atoms with Gasteiger partial charge in [0.1, 0.15) is 12.0 Å². The van der Waals surface area contributed by atoms with Crippen molar-refractivity contribution in [3.05, 3.63) is 35.6 Å². The van der Waals surface area contributed by atoms with Gasteiger partial charge in [0, 0.05) is 6.54 Å². The molecule has 114 valence electrons. The molecule has 1 aromatic carbocycles. The minimum Gasteiger partial charge on any atom is -0.321 e. The van der Waals surface area contributed by atoms with E-state index in [4.69, 9.17) is 0 Å². The standard InChI is InChI=1S/C16H21FN2OS/c1-11-16(20)19(10-12-5-7-21-8-6-12)15(18-11)13-3-2-4-14(17)9-13/h2-4,9,11-12,15,18H,5-8,10H2,1H3. The van der Waals surface area contributed by atoms with Crippen molar-refractivity contribution >= 4 is 17.7 Å². The monoisotopic (exact) mass is 308 g/mol. The molecule has 2 heterocycles. The average molecular weight is 308 g/mol. The predicted molar refractivity (Wildman–Crippen MR) is 83.5 cm³/mol. The Balaban J connectivity index is 1.78. The summed E-state index contributed by atoms with van der Waals surface area (Å²) < 4.78 is 13.5. The summed E-state index contributed by atoms with van der Waals surface area (Å²) in [6, 6.07) is 6.35. The Morgan fingerprint density at radius 2 is 2.14 bits per heavy atom. The normalized spacial score (nSPS) is 27.3. The number of carbonyl (C=O) groups excluding carboxylic acids is 1. The Bertz CT molecular complexity index is 519. The highest BCUT2D eigenvalue weighted by atomic mass is 32.2. The van der Waals surface area contributed by atoms with E-state index in [0.29, 0.717) is 5.92 Å². The van der Waals surface area contributed by atoms with Crippen molar-refractivity contribution in [1.29, 1.82) is 0 Å². The summed E-state index contributed by atoms with van der Waals surface area (Å²) in [5.41, 5.74) is 0.831. The van der Waals surface area contributed by atoms with Gasteiger partial charge in [-0.3, -0.25) is 10.1 Å². The molecule has 2 atom stereocenters. The SMILES string of the molecule is CC1NC(c2cccc(F)c2)N(CC2CCSCC2)C1=O. The molecule has 3 rings (SSSR count). The lowest BCUT2D eigenvalue weighted by Gasteiger charge is -2.30. The topological polar surface area (TPSA) is 32.3 Å². The number of hydrogen-bond donors (Lipinski definition) is 1. The number of hydrogen-bond acceptors (Lipinski definition) is 3. The molecule has 2 saturated heterocycles. The number of rotatable bonds is 3. The number of thioether (sulfide) groups is 1. The second-order valence-corrected chi connectivity index (χ2v) is 7.12. The van der Waals surface area contributed by atoms with E-state index in [1.807, 2.05) is 29.7 Å². The van der Waals surface area contributed by atoms with E-state index in [1.165, 1.54) is 36.5 Å². The molecule has 1 aromatic rings. The maximum absolute atomic E-state index is 13.5. The van der Waals surface area contributed by atoms with Crippen LogP contribution < -0.4 is 5.32 Å². The first-order valence-corrected chi connectivity index (χ1v) is 8.70. The third-order valence-corrected chi connectivity index (χ3v) is 5.38. The molecule has 1 amide bonds. The summed E-state index contributed by atoms with van der Waals surface area (Å²) in [6.07, 6.45) is 2.13. The van der Waals surface area contributed by atoms with Crippen LogP contribution in [0.2, 0.25) is 0 Å². The Labute approximate surface area is 129 Å². The Morgan fingerprint density at radius 3 is 2.86 bits per heavy atom. The molecule has 1 N–H and O–H groups in total. The summed E-state index contributed by atoms with van der Waals surface area (Å²) in [5, 5.41) is 3.29. The molecule has 21 heavy (non-hydrogen) atoms. The molecule has 0 spiro atoms. The Hall–Kier alpha value is -1.07. The Morgan fingerprint density at radius 1 is 1.38 bits per heavy atom. The Kier molecular flexibility index (Phi) is 4.50. The molecule has 3 nitrogen and oxygen atoms in total. The number of amides is 1. The summed E-state index contributed by atoms with van der Waals surface area (Å²) in [7, 11) is 0. The van der Waals surface area contributed by atoms with E-state index in [0.717, 1.165) is 12.1 Å². The average Bonchev–Trinajstić information content (AvgIpc) is 2.77. The van der Waals surface area contributed by atoms with E-state index in [2.05, 4.69) is 5.32 Å². The van der Waals surface area contributed by atoms with Crippen LogP contribution in [0.25, 0.3) is 0 Å². The highest BCUT2D eigenvalue weighted by Gasteiger charge is 2.38. The van der Waals surface area contributed by atoms with Gasteiger partial charge in [-0.25, -0.2) is 4.39 Å². The van der Waals surface area contributed by atoms with E-state index in [1.54, 1.807) is 6.07 Å². The van der Waals surface area contributed by atoms with Crippen LogP contribution in [-0.4, -0.2) is 34.9 Å². The smallest absolute Gasteiger partial charge is 0.241 e. The number of nitrogens with zero attached hydrogens (tertiary/aromatic N) is 1. The van der Waals surface area contributed by atoms with Crippen molar-refractivity contribution in [3.63, 3.8) is 0 Å². The fourth-order valence-corrected chi connectivity index (χ4v) is 4.33. The van der Waals surface area contributed by atoms with Gasteiger partial charge >= 0.3 is 0 Å². The van der Waals surface area contributed by atoms with Crippen molar-refractivity contribution in [2.75, 3.05) is 18.1 Å². The fraction of sp³-hybridized carbons (Fsp3) is 0.562. The van der Waals surface area contributed by atoms with Crippen LogP contribution in [0.1, 0.15) is 31.5 Å². The second-order valence-electron chi connectivity index (χ2n) is 5.89. The molecule has 0 bridgehead atoms. The lowest BCUT2D eigenvalue weighted by molar-refractivity contribution is -0.130. The molecule has 0 radical (unpaired) electrons. The van der Waals surface area contributed by atoms with Crippen LogP contribution in [0.3, 0.4) is 0 Å². The van der Waals surface area contributed by atoms with E-state index >= 15 is 0 Å². The van der Waals surface area contributed by atoms with Crippen LogP contribution in [0, 0.1) is 11.7 Å². The second kappa shape index (κ2) is 6.36. The lowest BCUT2D eigenvalue weighted by Crippen LogP contribution is -2.36. The molecular formula is C16H21FN2OS. The van der Waals surface area contributed by atoms with Gasteiger partial charge in [-0.2, -0.15) is 11.8 Å². The van der Waals surface area contributed by atoms with Gasteiger partial charge in [0.15, 0.2) is 0 Å². The van der Waals surface area contributed by atoms with Crippen molar-refractivity contribution in [2.24, 2.45) is 5.92 Å². The maximum Gasteiger partial charge on any atom is 0.241 e. The quantitative estimate of drug-likeness (QED) is 0.932. The summed E-state index contributed by atoms with van der Waals surface area (Å²) in [5.74, 6) is 2.80. The van der Waals surface area contributed by atoms with Crippen LogP contribution in [0.5, 0.6) is 0 Å². The van der Waals surface area contributed by atoms with Crippen molar-refractivity contribution < 1.29 is 9.18 Å². The van der Waals surface area contributed by atoms with E-state index in [9.17, 15) is 9.18 Å². The van der Waals surface area contributed by atoms with Gasteiger partial charge in [0.2, 0.25) is 5.91 Å². The van der Waals surface area contributed by atoms with Crippen LogP contribution >= 0.6 is 11.8 Å². The summed E-state index contributed by atoms with van der Waals surface area (Å²) in [6.45, 7) is 2.66. The van der Waals surface area contributed by atoms with Gasteiger partial charge < -0.3 is 4.90 Å². The van der Waals surface area contributed by atoms with Crippen LogP contribution in [0.15, 0.2) is 24.3 Å². The van der Waals surface area contributed by atoms with Gasteiger partial charge in [-0.1, -0.05) is 12.1 Å². The van der Waals surface area contributed by atoms with Gasteiger partial charge in [-0.05, 0) is 54.9 Å². The zero-order chi connectivity index (χ0) is 14.8. The number of carbonyl (C=O) groups is 1. The molecule has 5 heteroatoms. The van der Waals surface area contributed by atoms with Crippen LogP contribution in [-0.2, 0) is 4.79 Å². The molecule has 2 fully saturated rings. The van der Waals surface area contributed by atoms with Crippen molar-refractivity contribution in [1.82, 2.24) is 10.2 Å². The third kappa shape index (κ3) is 3.24. The van der Waals surface area contributed by atoms with Gasteiger partial charge in [0.25, 0.3) is 0 Å². The van der Waals surface area contributed by atoms with Crippen molar-refractivity contribution in [3.8, 4) is 0 Å². The molecule has 2 aliphatic rings. The van der Waals surface area contributed by atoms with E-state index in [-0.39, 0.29) is 23.9 Å². The lowest BCUT2D eigenvalue weighted by atomic mass is 10.0. The number of nitrogens with one attached hydrogen (secondary N) is 1. The fourth-order valence-electron chi connectivity index (χ4n) is 3.13. The van der Waals surface area contributed by atoms with E-state index < -0.39 is 0 Å². The van der Waals surface area contributed by atoms with Gasteiger partial charge in [-0.15, -0.1) is 0 Å². The molecule has 2 unspecified atom stereocenters. The highest BCUT2D eigenvalue weighted by Crippen LogP contribution is 2.30. The zero-order valence-corrected chi connectivity index (χ0v) is 13.0. The highest BCUT2D eigenvalue weighted by molar-refractivity contribution is 7.99. The van der Waals surface area contributed by atoms with Crippen LogP contribution in [0.4, 0.5) is 4.39 Å². The molecule has 0 aliphatic carbocycles. The molecule has 0 aromatic heterocycles. The molecule has 2 aliphatic heterocycles. The third-order valence-electron chi connectivity index (χ3n) is 4.33. The minimum absolute atomic E-state index is 0.127. The molecule has 0 saturated carbocycles. The van der Waals surface area contributed by atoms with Gasteiger partial charge in [0.05, 0.1) is 6.04 Å². The molecular weight excluding hydrogens is 287 g/mol. The number of benzene rings is 1. The first-order valence-electron chi connectivity index (χ1n) is 7.55. The largest absolute Gasteiger partial charge is 0.321 e. The number of halogens is 1. The zero-order valence-electron chi connectivity index (χ0n) is 12.2. The van der Waals surface area contributed by atoms with Crippen molar-refractivity contribution in [2.45, 2.75) is 32.0 Å². The first kappa shape index (κ1) is 14.9. The first-order chi connectivity index (χ1) is 10.1.